The summed E-state index contributed by atoms with van der Waals surface area (Å²) in [5.74, 6) is 0. The van der Waals surface area contributed by atoms with Crippen molar-refractivity contribution in [3.63, 3.8) is 0 Å². The zero-order valence-corrected chi connectivity index (χ0v) is 45.3. The van der Waals surface area contributed by atoms with E-state index in [-0.39, 0.29) is 26.2 Å². The van der Waals surface area contributed by atoms with Crippen LogP contribution in [0.2, 0.25) is 0 Å². The van der Waals surface area contributed by atoms with E-state index in [0.717, 1.165) is 55.2 Å². The van der Waals surface area contributed by atoms with Gasteiger partial charge >= 0.3 is 26.2 Å². The summed E-state index contributed by atoms with van der Waals surface area (Å²) < 4.78 is 66.6. The number of hydrogen-bond donors (Lipinski definition) is 0. The number of aryl methyl sites for hydroxylation is 3. The monoisotopic (exact) mass is 1020 g/mol. The molecule has 6 nitrogen and oxygen atoms in total. The van der Waals surface area contributed by atoms with Gasteiger partial charge in [0.25, 0.3) is 0 Å². The van der Waals surface area contributed by atoms with Crippen LogP contribution >= 0.6 is 0 Å². The van der Waals surface area contributed by atoms with Gasteiger partial charge in [0.05, 0.1) is 0 Å². The van der Waals surface area contributed by atoms with Crippen molar-refractivity contribution >= 4 is 33.2 Å². The molecule has 0 saturated heterocycles. The van der Waals surface area contributed by atoms with Crippen LogP contribution in [0.4, 0.5) is 0 Å². The third-order valence-electron chi connectivity index (χ3n) is 11.9. The topological polar surface area (TPSA) is 120 Å². The van der Waals surface area contributed by atoms with Crippen LogP contribution in [0.1, 0.15) is 230 Å². The Morgan fingerprint density at radius 2 is 0.469 bits per heavy atom. The minimum absolute atomic E-state index is 0. The fourth-order valence-corrected chi connectivity index (χ4v) is 9.75. The first-order valence-corrected chi connectivity index (χ1v) is 28.5. The first kappa shape index (κ1) is 62.9. The first-order valence-electron chi connectivity index (χ1n) is 25.3. The van der Waals surface area contributed by atoms with E-state index in [2.05, 4.69) is 20.8 Å². The Bertz CT molecular complexity index is 1400. The van der Waals surface area contributed by atoms with Crippen LogP contribution < -0.4 is 0 Å². The molecule has 0 fully saturated rings. The van der Waals surface area contributed by atoms with Crippen molar-refractivity contribution in [2.75, 3.05) is 0 Å². The van der Waals surface area contributed by atoms with Crippen molar-refractivity contribution in [3.8, 4) is 0 Å². The molecule has 3 unspecified atom stereocenters. The van der Waals surface area contributed by atoms with Crippen molar-refractivity contribution in [2.45, 2.75) is 247 Å². The van der Waals surface area contributed by atoms with E-state index in [9.17, 15) is 26.3 Å². The Morgan fingerprint density at radius 1 is 0.297 bits per heavy atom. The number of rotatable bonds is 36. The van der Waals surface area contributed by atoms with E-state index in [4.69, 9.17) is 0 Å². The number of hydrogen-bond acceptors (Lipinski definition) is 6. The molecule has 0 amide bonds. The van der Waals surface area contributed by atoms with Crippen molar-refractivity contribution in [1.29, 1.82) is 0 Å². The smallest absolute Gasteiger partial charge is 0.768 e. The van der Waals surface area contributed by atoms with Gasteiger partial charge in [0.2, 0.25) is 0 Å². The van der Waals surface area contributed by atoms with E-state index < -0.39 is 33.2 Å². The molecule has 0 aliphatic carbocycles. The summed E-state index contributed by atoms with van der Waals surface area (Å²) in [7, 11) is 0. The molecule has 1 radical (unpaired) electrons. The molecule has 0 aliphatic heterocycles. The van der Waals surface area contributed by atoms with E-state index in [1.165, 1.54) is 173 Å². The van der Waals surface area contributed by atoms with Gasteiger partial charge < -0.3 is 13.7 Å². The van der Waals surface area contributed by atoms with Gasteiger partial charge in [-0.1, -0.05) is 249 Å². The molecule has 0 heterocycles. The van der Waals surface area contributed by atoms with Crippen molar-refractivity contribution < 1.29 is 52.5 Å². The summed E-state index contributed by atoms with van der Waals surface area (Å²) in [4.78, 5) is 1.40. The maximum atomic E-state index is 11.1. The third kappa shape index (κ3) is 34.2. The predicted molar refractivity (Wildman–Crippen MR) is 268 cm³/mol. The molecule has 361 valence electrons. The van der Waals surface area contributed by atoms with Crippen LogP contribution in [-0.2, 0) is 78.7 Å². The molecule has 0 saturated carbocycles. The van der Waals surface area contributed by atoms with Crippen LogP contribution in [0.5, 0.6) is 0 Å². The van der Waals surface area contributed by atoms with Gasteiger partial charge in [-0.25, -0.2) is 0 Å². The summed E-state index contributed by atoms with van der Waals surface area (Å²) >= 11 is -6.32. The van der Waals surface area contributed by atoms with Gasteiger partial charge in [0, 0.05) is 14.7 Å². The Hall–Kier alpha value is -1.13. The maximum Gasteiger partial charge on any atom is 3.00 e. The van der Waals surface area contributed by atoms with Gasteiger partial charge in [0.15, 0.2) is 0 Å². The third-order valence-corrected chi connectivity index (χ3v) is 14.1. The molecule has 64 heavy (non-hydrogen) atoms. The molecule has 3 rings (SSSR count). The van der Waals surface area contributed by atoms with Gasteiger partial charge in [-0.2, -0.15) is 0 Å². The number of benzene rings is 3. The molecule has 3 atom stereocenters. The molecular weight excluding hydrogens is 932 g/mol. The van der Waals surface area contributed by atoms with Crippen molar-refractivity contribution in [2.24, 2.45) is 0 Å². The fraction of sp³-hybridized carbons (Fsp3) is 0.667. The van der Waals surface area contributed by atoms with E-state index in [1.807, 2.05) is 36.4 Å². The van der Waals surface area contributed by atoms with Crippen LogP contribution in [0.15, 0.2) is 87.5 Å². The van der Waals surface area contributed by atoms with Crippen LogP contribution in [0.3, 0.4) is 0 Å². The number of unbranched alkanes of at least 4 members (excludes halogenated alkanes) is 27. The van der Waals surface area contributed by atoms with Gasteiger partial charge in [-0.3, -0.25) is 12.6 Å². The average Bonchev–Trinajstić information content (AvgIpc) is 3.29. The molecule has 0 bridgehead atoms. The van der Waals surface area contributed by atoms with Crippen molar-refractivity contribution in [3.05, 3.63) is 89.5 Å². The van der Waals surface area contributed by atoms with Crippen LogP contribution in [-0.4, -0.2) is 26.3 Å². The normalized spacial score (nSPS) is 12.3. The zero-order chi connectivity index (χ0) is 46.0. The Morgan fingerprint density at radius 3 is 0.656 bits per heavy atom. The van der Waals surface area contributed by atoms with Gasteiger partial charge in [-0.15, -0.1) is 0 Å². The van der Waals surface area contributed by atoms with Crippen LogP contribution in [0.25, 0.3) is 0 Å². The molecule has 3 aromatic rings. The van der Waals surface area contributed by atoms with Gasteiger partial charge in [-0.05, 0) is 107 Å². The summed E-state index contributed by atoms with van der Waals surface area (Å²) in [6.45, 7) is 6.75. The first-order chi connectivity index (χ1) is 30.8. The summed E-state index contributed by atoms with van der Waals surface area (Å²) in [5.41, 5.74) is 2.89. The van der Waals surface area contributed by atoms with Gasteiger partial charge in [0.1, 0.15) is 0 Å². The quantitative estimate of drug-likeness (QED) is 0.0422. The van der Waals surface area contributed by atoms with E-state index in [0.29, 0.717) is 14.7 Å². The maximum absolute atomic E-state index is 11.1. The summed E-state index contributed by atoms with van der Waals surface area (Å²) in [6.07, 6.45) is 41.9. The molecule has 10 heteroatoms. The summed E-state index contributed by atoms with van der Waals surface area (Å²) in [5, 5.41) is 0. The second kappa shape index (κ2) is 45.6. The minimum atomic E-state index is -2.11. The largest absolute Gasteiger partial charge is 3.00 e. The standard InChI is InChI=1S/3C18H30O2S.Zr/c3*1-2-3-4-5-6-7-8-9-10-11-14-17-15-12-13-16-18(17)21(19)20;/h3*12-13,15-16H,2-11,14H2,1H3,(H,19,20);/q;;;+3/p-3. The molecule has 0 aromatic heterocycles. The molecule has 0 N–H and O–H groups in total. The Kier molecular flexibility index (Phi) is 44.8. The minimum Gasteiger partial charge on any atom is -0.768 e. The van der Waals surface area contributed by atoms with E-state index >= 15 is 0 Å². The van der Waals surface area contributed by atoms with Crippen LogP contribution in [0, 0.1) is 0 Å². The fourth-order valence-electron chi connectivity index (χ4n) is 8.03. The molecule has 3 aromatic carbocycles. The van der Waals surface area contributed by atoms with E-state index in [1.54, 1.807) is 36.4 Å². The zero-order valence-electron chi connectivity index (χ0n) is 40.4. The second-order valence-electron chi connectivity index (χ2n) is 17.3. The predicted octanol–water partition coefficient (Wildman–Crippen LogP) is 16.2. The average molecular weight is 1020 g/mol. The molecule has 0 aliphatic rings. The molecular formula is C54H87O6S3Zr. The van der Waals surface area contributed by atoms with Crippen molar-refractivity contribution in [1.82, 2.24) is 0 Å². The summed E-state index contributed by atoms with van der Waals surface area (Å²) in [6, 6.07) is 22.0. The Balaban J connectivity index is 0.000000923. The molecule has 0 spiro atoms. The SMILES string of the molecule is CCCCCCCCCCCCc1ccccc1S(=O)[O-].CCCCCCCCCCCCc1ccccc1S(=O)[O-].CCCCCCCCCCCCc1ccccc1S(=O)[O-].[Zr+3]. The Labute approximate surface area is 419 Å². The second-order valence-corrected chi connectivity index (χ2v) is 20.1.